The van der Waals surface area contributed by atoms with Crippen molar-refractivity contribution in [3.63, 3.8) is 0 Å². The minimum absolute atomic E-state index is 0.202. The fourth-order valence-corrected chi connectivity index (χ4v) is 3.85. The van der Waals surface area contributed by atoms with Gasteiger partial charge in [-0.25, -0.2) is 4.68 Å². The van der Waals surface area contributed by atoms with Gasteiger partial charge in [0.25, 0.3) is 0 Å². The molecular formula is C25H27N3O3. The molecule has 0 N–H and O–H groups in total. The van der Waals surface area contributed by atoms with E-state index in [1.54, 1.807) is 7.11 Å². The second-order valence-corrected chi connectivity index (χ2v) is 8.37. The highest BCUT2D eigenvalue weighted by Crippen LogP contribution is 2.39. The van der Waals surface area contributed by atoms with Gasteiger partial charge in [-0.3, -0.25) is 4.79 Å². The predicted molar refractivity (Wildman–Crippen MR) is 118 cm³/mol. The van der Waals surface area contributed by atoms with Crippen molar-refractivity contribution in [1.82, 2.24) is 14.7 Å². The average Bonchev–Trinajstić information content (AvgIpc) is 3.71. The quantitative estimate of drug-likeness (QED) is 0.524. The van der Waals surface area contributed by atoms with Crippen LogP contribution in [-0.4, -0.2) is 33.7 Å². The van der Waals surface area contributed by atoms with E-state index in [2.05, 4.69) is 4.90 Å². The van der Waals surface area contributed by atoms with Gasteiger partial charge in [-0.2, -0.15) is 5.10 Å². The maximum absolute atomic E-state index is 13.0. The van der Waals surface area contributed by atoms with Crippen molar-refractivity contribution in [1.29, 1.82) is 0 Å². The number of carbonyl (C=O) groups excluding carboxylic acids is 1. The summed E-state index contributed by atoms with van der Waals surface area (Å²) >= 11 is 0. The Morgan fingerprint density at radius 3 is 2.48 bits per heavy atom. The van der Waals surface area contributed by atoms with Gasteiger partial charge in [-0.1, -0.05) is 24.3 Å². The molecule has 2 aliphatic rings. The lowest BCUT2D eigenvalue weighted by Crippen LogP contribution is -2.34. The van der Waals surface area contributed by atoms with Crippen LogP contribution < -0.4 is 9.47 Å². The minimum Gasteiger partial charge on any atom is -0.497 e. The van der Waals surface area contributed by atoms with Crippen LogP contribution in [0.4, 0.5) is 0 Å². The number of aryl methyl sites for hydroxylation is 1. The molecule has 0 spiro atoms. The number of benzene rings is 2. The van der Waals surface area contributed by atoms with E-state index in [0.29, 0.717) is 24.2 Å². The molecule has 2 aliphatic carbocycles. The first-order chi connectivity index (χ1) is 15.1. The molecule has 1 amide bonds. The lowest BCUT2D eigenvalue weighted by molar-refractivity contribution is -0.133. The number of hydrogen-bond acceptors (Lipinski definition) is 4. The third-order valence-electron chi connectivity index (χ3n) is 5.92. The first kappa shape index (κ1) is 19.7. The van der Waals surface area contributed by atoms with Crippen LogP contribution in [0.1, 0.15) is 36.9 Å². The first-order valence-electron chi connectivity index (χ1n) is 10.9. The minimum atomic E-state index is 0.202. The van der Waals surface area contributed by atoms with Gasteiger partial charge >= 0.3 is 0 Å². The molecule has 2 saturated carbocycles. The van der Waals surface area contributed by atoms with Crippen LogP contribution in [0.25, 0.3) is 5.69 Å². The molecule has 0 saturated heterocycles. The van der Waals surface area contributed by atoms with Gasteiger partial charge < -0.3 is 14.4 Å². The number of carbonyl (C=O) groups is 1. The largest absolute Gasteiger partial charge is 0.497 e. The van der Waals surface area contributed by atoms with Crippen LogP contribution >= 0.6 is 0 Å². The van der Waals surface area contributed by atoms with Crippen molar-refractivity contribution in [3.8, 4) is 23.1 Å². The number of para-hydroxylation sites is 1. The second-order valence-electron chi connectivity index (χ2n) is 8.37. The number of nitrogens with zero attached hydrogens (tertiary/aromatic N) is 3. The van der Waals surface area contributed by atoms with Crippen LogP contribution in [0, 0.1) is 12.8 Å². The maximum Gasteiger partial charge on any atom is 0.227 e. The Hall–Kier alpha value is -3.28. The zero-order valence-electron chi connectivity index (χ0n) is 18.0. The summed E-state index contributed by atoms with van der Waals surface area (Å²) < 4.78 is 13.6. The van der Waals surface area contributed by atoms with Gasteiger partial charge in [0.05, 0.1) is 30.6 Å². The number of ether oxygens (including phenoxy) is 2. The predicted octanol–water partition coefficient (Wildman–Crippen LogP) is 4.88. The van der Waals surface area contributed by atoms with Crippen molar-refractivity contribution in [2.24, 2.45) is 5.92 Å². The highest BCUT2D eigenvalue weighted by atomic mass is 16.5. The van der Waals surface area contributed by atoms with E-state index in [9.17, 15) is 4.79 Å². The van der Waals surface area contributed by atoms with Crippen LogP contribution in [0.5, 0.6) is 17.4 Å². The summed E-state index contributed by atoms with van der Waals surface area (Å²) in [4.78, 5) is 15.0. The molecule has 0 bridgehead atoms. The zero-order chi connectivity index (χ0) is 21.4. The van der Waals surface area contributed by atoms with E-state index in [1.165, 1.54) is 0 Å². The van der Waals surface area contributed by atoms with Gasteiger partial charge in [0.1, 0.15) is 11.5 Å². The fraction of sp³-hybridized carbons (Fsp3) is 0.360. The van der Waals surface area contributed by atoms with Gasteiger partial charge in [-0.05, 0) is 56.9 Å². The Balaban J connectivity index is 1.54. The molecule has 6 nitrogen and oxygen atoms in total. The van der Waals surface area contributed by atoms with Gasteiger partial charge in [0.15, 0.2) is 0 Å². The van der Waals surface area contributed by atoms with Crippen molar-refractivity contribution in [2.75, 3.05) is 7.11 Å². The summed E-state index contributed by atoms with van der Waals surface area (Å²) in [5, 5.41) is 4.79. The van der Waals surface area contributed by atoms with E-state index in [0.717, 1.165) is 48.4 Å². The average molecular weight is 418 g/mol. The highest BCUT2D eigenvalue weighted by Gasteiger charge is 2.41. The molecule has 2 fully saturated rings. The molecule has 0 unspecified atom stereocenters. The Bertz CT molecular complexity index is 1080. The van der Waals surface area contributed by atoms with Crippen LogP contribution in [0.15, 0.2) is 54.6 Å². The molecule has 5 rings (SSSR count). The number of hydrogen-bond donors (Lipinski definition) is 0. The molecule has 1 heterocycles. The van der Waals surface area contributed by atoms with Crippen LogP contribution in [0.3, 0.4) is 0 Å². The molecule has 0 aliphatic heterocycles. The standard InChI is InChI=1S/C25H27N3O3/c1-17-23(16-27(19-13-14-19)24(29)18-11-12-18)25(28(26-17)20-7-4-3-5-8-20)31-22-10-6-9-21(15-22)30-2/h3-10,15,18-19H,11-14,16H2,1-2H3. The smallest absolute Gasteiger partial charge is 0.227 e. The Kier molecular flexibility index (Phi) is 5.14. The summed E-state index contributed by atoms with van der Waals surface area (Å²) in [5.74, 6) is 2.52. The summed E-state index contributed by atoms with van der Waals surface area (Å²) in [5.41, 5.74) is 2.74. The molecule has 0 atom stereocenters. The van der Waals surface area contributed by atoms with E-state index in [4.69, 9.17) is 14.6 Å². The lowest BCUT2D eigenvalue weighted by Gasteiger charge is -2.23. The van der Waals surface area contributed by atoms with Gasteiger partial charge in [0, 0.05) is 18.0 Å². The Labute approximate surface area is 182 Å². The van der Waals surface area contributed by atoms with Crippen LogP contribution in [0.2, 0.25) is 0 Å². The molecule has 3 aromatic rings. The summed E-state index contributed by atoms with van der Waals surface area (Å²) in [7, 11) is 1.64. The highest BCUT2D eigenvalue weighted by molar-refractivity contribution is 5.81. The number of amides is 1. The molecule has 2 aromatic carbocycles. The SMILES string of the molecule is COc1cccc(Oc2c(CN(C(=O)C3CC3)C3CC3)c(C)nn2-c2ccccc2)c1. The van der Waals surface area contributed by atoms with Crippen molar-refractivity contribution >= 4 is 5.91 Å². The molecule has 31 heavy (non-hydrogen) atoms. The number of aromatic nitrogens is 2. The second kappa shape index (κ2) is 8.10. The number of methoxy groups -OCH3 is 1. The Morgan fingerprint density at radius 1 is 1.06 bits per heavy atom. The van der Waals surface area contributed by atoms with E-state index in [-0.39, 0.29) is 11.8 Å². The molecule has 1 aromatic heterocycles. The van der Waals surface area contributed by atoms with Gasteiger partial charge in [-0.15, -0.1) is 0 Å². The van der Waals surface area contributed by atoms with Crippen molar-refractivity contribution in [2.45, 2.75) is 45.2 Å². The topological polar surface area (TPSA) is 56.6 Å². The maximum atomic E-state index is 13.0. The normalized spacial score (nSPS) is 15.5. The fourth-order valence-electron chi connectivity index (χ4n) is 3.85. The lowest BCUT2D eigenvalue weighted by atomic mass is 10.2. The number of rotatable bonds is 8. The zero-order valence-corrected chi connectivity index (χ0v) is 18.0. The first-order valence-corrected chi connectivity index (χ1v) is 10.9. The van der Waals surface area contributed by atoms with Crippen LogP contribution in [-0.2, 0) is 11.3 Å². The third-order valence-corrected chi connectivity index (χ3v) is 5.92. The summed E-state index contributed by atoms with van der Waals surface area (Å²) in [6.07, 6.45) is 4.18. The molecule has 6 heteroatoms. The molecule has 160 valence electrons. The molecular weight excluding hydrogens is 390 g/mol. The van der Waals surface area contributed by atoms with Crippen molar-refractivity contribution in [3.05, 3.63) is 65.9 Å². The van der Waals surface area contributed by atoms with E-state index in [1.807, 2.05) is 66.2 Å². The van der Waals surface area contributed by atoms with Crippen molar-refractivity contribution < 1.29 is 14.3 Å². The molecule has 0 radical (unpaired) electrons. The third kappa shape index (κ3) is 4.15. The van der Waals surface area contributed by atoms with Gasteiger partial charge in [0.2, 0.25) is 11.8 Å². The summed E-state index contributed by atoms with van der Waals surface area (Å²) in [6, 6.07) is 17.8. The van der Waals surface area contributed by atoms with E-state index < -0.39 is 0 Å². The summed E-state index contributed by atoms with van der Waals surface area (Å²) in [6.45, 7) is 2.51. The monoisotopic (exact) mass is 417 g/mol. The van der Waals surface area contributed by atoms with E-state index >= 15 is 0 Å². The Morgan fingerprint density at radius 2 is 1.81 bits per heavy atom.